The first-order chi connectivity index (χ1) is 7.59. The second-order valence-corrected chi connectivity index (χ2v) is 3.32. The molecule has 0 bridgehead atoms. The van der Waals surface area contributed by atoms with Gasteiger partial charge in [0.25, 0.3) is 0 Å². The number of benzene rings is 2. The Balaban J connectivity index is 0.00000144. The quantitative estimate of drug-likeness (QED) is 0.503. The summed E-state index contributed by atoms with van der Waals surface area (Å²) in [5.41, 5.74) is 0.0606. The molecule has 0 saturated heterocycles. The SMILES string of the molecule is O=C([O-])c1ccc2c(C(=O)[O-])cccc2c1.[Na+].[Na+]. The monoisotopic (exact) mass is 260 g/mol. The fraction of sp³-hybridized carbons (Fsp3) is 0. The van der Waals surface area contributed by atoms with E-state index >= 15 is 0 Å². The number of carbonyl (C=O) groups excluding carboxylic acids is 2. The minimum atomic E-state index is -1.29. The Morgan fingerprint density at radius 3 is 2.11 bits per heavy atom. The van der Waals surface area contributed by atoms with Crippen LogP contribution in [0.5, 0.6) is 0 Å². The van der Waals surface area contributed by atoms with Crippen LogP contribution in [0.25, 0.3) is 10.8 Å². The van der Waals surface area contributed by atoms with Crippen LogP contribution in [-0.4, -0.2) is 11.9 Å². The van der Waals surface area contributed by atoms with Crippen LogP contribution in [0, 0.1) is 0 Å². The van der Waals surface area contributed by atoms with Crippen molar-refractivity contribution in [1.29, 1.82) is 0 Å². The van der Waals surface area contributed by atoms with Crippen LogP contribution in [0.1, 0.15) is 20.7 Å². The van der Waals surface area contributed by atoms with Gasteiger partial charge in [-0.05, 0) is 22.4 Å². The zero-order chi connectivity index (χ0) is 11.7. The molecular formula is C12H6Na2O4. The third-order valence-corrected chi connectivity index (χ3v) is 2.34. The standard InChI is InChI=1S/C12H8O4.2Na/c13-11(14)8-4-5-9-7(6-8)2-1-3-10(9)12(15)16;;/h1-6H,(H,13,14)(H,15,16);;/q;2*+1/p-2. The molecular weight excluding hydrogens is 254 g/mol. The van der Waals surface area contributed by atoms with Crippen molar-refractivity contribution in [3.8, 4) is 0 Å². The van der Waals surface area contributed by atoms with E-state index in [0.29, 0.717) is 10.8 Å². The maximum Gasteiger partial charge on any atom is 1.00 e. The van der Waals surface area contributed by atoms with Gasteiger partial charge in [-0.2, -0.15) is 0 Å². The van der Waals surface area contributed by atoms with Gasteiger partial charge in [-0.3, -0.25) is 0 Å². The van der Waals surface area contributed by atoms with Crippen LogP contribution in [0.4, 0.5) is 0 Å². The van der Waals surface area contributed by atoms with Crippen LogP contribution in [-0.2, 0) is 0 Å². The maximum absolute atomic E-state index is 10.8. The Hall–Kier alpha value is -0.360. The molecule has 0 aliphatic heterocycles. The van der Waals surface area contributed by atoms with Gasteiger partial charge in [0.15, 0.2) is 0 Å². The van der Waals surface area contributed by atoms with Gasteiger partial charge in [0.05, 0.1) is 11.9 Å². The smallest absolute Gasteiger partial charge is 0.545 e. The number of fused-ring (bicyclic) bond motifs is 1. The molecule has 0 unspecified atom stereocenters. The molecule has 0 fully saturated rings. The van der Waals surface area contributed by atoms with E-state index in [1.807, 2.05) is 0 Å². The molecule has 80 valence electrons. The molecule has 0 aliphatic rings. The Kier molecular flexibility index (Phi) is 7.14. The van der Waals surface area contributed by atoms with Crippen LogP contribution >= 0.6 is 0 Å². The number of aromatic carboxylic acids is 2. The Bertz CT molecular complexity index is 596. The van der Waals surface area contributed by atoms with Crippen molar-refractivity contribution in [3.05, 3.63) is 47.5 Å². The van der Waals surface area contributed by atoms with E-state index in [4.69, 9.17) is 0 Å². The van der Waals surface area contributed by atoms with Gasteiger partial charge in [0, 0.05) is 5.56 Å². The largest absolute Gasteiger partial charge is 1.00 e. The van der Waals surface area contributed by atoms with Crippen molar-refractivity contribution in [2.45, 2.75) is 0 Å². The summed E-state index contributed by atoms with van der Waals surface area (Å²) in [5, 5.41) is 22.4. The number of carboxylic acids is 2. The summed E-state index contributed by atoms with van der Waals surface area (Å²) in [6, 6.07) is 8.70. The summed E-state index contributed by atoms with van der Waals surface area (Å²) in [6.45, 7) is 0. The summed E-state index contributed by atoms with van der Waals surface area (Å²) in [6.07, 6.45) is 0. The van der Waals surface area contributed by atoms with Crippen LogP contribution in [0.3, 0.4) is 0 Å². The van der Waals surface area contributed by atoms with Crippen molar-refractivity contribution < 1.29 is 78.9 Å². The van der Waals surface area contributed by atoms with Gasteiger partial charge in [-0.15, -0.1) is 0 Å². The normalized spacial score (nSPS) is 9.11. The molecule has 0 amide bonds. The van der Waals surface area contributed by atoms with Crippen molar-refractivity contribution >= 4 is 22.7 Å². The molecule has 6 heteroatoms. The molecule has 0 spiro atoms. The molecule has 2 aromatic rings. The van der Waals surface area contributed by atoms with E-state index in [9.17, 15) is 19.8 Å². The summed E-state index contributed by atoms with van der Waals surface area (Å²) in [4.78, 5) is 21.4. The summed E-state index contributed by atoms with van der Waals surface area (Å²) in [7, 11) is 0. The van der Waals surface area contributed by atoms with Crippen molar-refractivity contribution in [1.82, 2.24) is 0 Å². The van der Waals surface area contributed by atoms with Gasteiger partial charge < -0.3 is 19.8 Å². The Labute approximate surface area is 148 Å². The number of carbonyl (C=O) groups is 2. The summed E-state index contributed by atoms with van der Waals surface area (Å²) < 4.78 is 0. The first-order valence-electron chi connectivity index (χ1n) is 4.55. The van der Waals surface area contributed by atoms with E-state index in [2.05, 4.69) is 0 Å². The van der Waals surface area contributed by atoms with Gasteiger partial charge in [-0.1, -0.05) is 30.3 Å². The molecule has 0 N–H and O–H groups in total. The Morgan fingerprint density at radius 2 is 1.56 bits per heavy atom. The third kappa shape index (κ3) is 3.57. The third-order valence-electron chi connectivity index (χ3n) is 2.34. The molecule has 0 aromatic heterocycles. The Morgan fingerprint density at radius 1 is 0.889 bits per heavy atom. The predicted octanol–water partition coefficient (Wildman–Crippen LogP) is -6.43. The van der Waals surface area contributed by atoms with Crippen LogP contribution in [0.15, 0.2) is 36.4 Å². The van der Waals surface area contributed by atoms with E-state index in [0.717, 1.165) is 0 Å². The molecule has 4 nitrogen and oxygen atoms in total. The molecule has 18 heavy (non-hydrogen) atoms. The van der Waals surface area contributed by atoms with Crippen LogP contribution in [0.2, 0.25) is 0 Å². The minimum absolute atomic E-state index is 0. The molecule has 0 aliphatic carbocycles. The molecule has 0 atom stereocenters. The topological polar surface area (TPSA) is 80.3 Å². The first-order valence-corrected chi connectivity index (χ1v) is 4.55. The number of carboxylic acid groups (broad SMARTS) is 2. The van der Waals surface area contributed by atoms with Gasteiger partial charge in [0.1, 0.15) is 0 Å². The van der Waals surface area contributed by atoms with E-state index in [1.54, 1.807) is 6.07 Å². The molecule has 2 rings (SSSR count). The van der Waals surface area contributed by atoms with Crippen molar-refractivity contribution in [2.24, 2.45) is 0 Å². The van der Waals surface area contributed by atoms with Crippen molar-refractivity contribution in [2.75, 3.05) is 0 Å². The maximum atomic E-state index is 10.8. The second-order valence-electron chi connectivity index (χ2n) is 3.32. The number of rotatable bonds is 2. The fourth-order valence-corrected chi connectivity index (χ4v) is 1.59. The van der Waals surface area contributed by atoms with Gasteiger partial charge in [0.2, 0.25) is 0 Å². The summed E-state index contributed by atoms with van der Waals surface area (Å²) >= 11 is 0. The predicted molar refractivity (Wildman–Crippen MR) is 52.6 cm³/mol. The average molecular weight is 260 g/mol. The molecule has 0 heterocycles. The number of hydrogen-bond acceptors (Lipinski definition) is 4. The van der Waals surface area contributed by atoms with E-state index in [1.165, 1.54) is 30.3 Å². The van der Waals surface area contributed by atoms with Gasteiger partial charge in [-0.25, -0.2) is 0 Å². The van der Waals surface area contributed by atoms with E-state index in [-0.39, 0.29) is 70.2 Å². The zero-order valence-electron chi connectivity index (χ0n) is 10.1. The van der Waals surface area contributed by atoms with Crippen molar-refractivity contribution in [3.63, 3.8) is 0 Å². The van der Waals surface area contributed by atoms with Crippen LogP contribution < -0.4 is 69.3 Å². The van der Waals surface area contributed by atoms with Gasteiger partial charge >= 0.3 is 59.1 Å². The molecule has 2 aromatic carbocycles. The molecule has 0 radical (unpaired) electrons. The fourth-order valence-electron chi connectivity index (χ4n) is 1.59. The second kappa shape index (κ2) is 7.28. The van der Waals surface area contributed by atoms with E-state index < -0.39 is 11.9 Å². The summed E-state index contributed by atoms with van der Waals surface area (Å²) in [5.74, 6) is -2.58. The number of hydrogen-bond donors (Lipinski definition) is 0. The average Bonchev–Trinajstić information content (AvgIpc) is 2.27. The minimum Gasteiger partial charge on any atom is -0.545 e. The first kappa shape index (κ1) is 17.6. The molecule has 0 saturated carbocycles. The zero-order valence-corrected chi connectivity index (χ0v) is 14.1.